The summed E-state index contributed by atoms with van der Waals surface area (Å²) >= 11 is 0. The zero-order chi connectivity index (χ0) is 15.3. The molecule has 0 heterocycles. The molecule has 6 heteroatoms. The molecule has 0 radical (unpaired) electrons. The van der Waals surface area contributed by atoms with Crippen molar-refractivity contribution in [1.82, 2.24) is 0 Å². The normalized spacial score (nSPS) is 25.6. The van der Waals surface area contributed by atoms with Crippen LogP contribution in [-0.4, -0.2) is 34.7 Å². The number of esters is 2. The lowest BCUT2D eigenvalue weighted by Crippen LogP contribution is -2.39. The van der Waals surface area contributed by atoms with E-state index in [2.05, 4.69) is 6.58 Å². The first-order valence-electron chi connectivity index (χ1n) is 6.52. The van der Waals surface area contributed by atoms with Gasteiger partial charge in [0.15, 0.2) is 0 Å². The Morgan fingerprint density at radius 3 is 2.30 bits per heavy atom. The molecule has 1 aliphatic rings. The van der Waals surface area contributed by atoms with E-state index in [0.29, 0.717) is 31.3 Å². The van der Waals surface area contributed by atoms with Gasteiger partial charge in [-0.3, -0.25) is 9.59 Å². The first kappa shape index (κ1) is 16.2. The summed E-state index contributed by atoms with van der Waals surface area (Å²) in [5, 5.41) is 8.52. The first-order chi connectivity index (χ1) is 9.22. The number of carboxylic acid groups (broad SMARTS) is 1. The van der Waals surface area contributed by atoms with Crippen LogP contribution in [0.5, 0.6) is 0 Å². The maximum atomic E-state index is 11.4. The van der Waals surface area contributed by atoms with Crippen molar-refractivity contribution in [1.29, 1.82) is 0 Å². The van der Waals surface area contributed by atoms with Gasteiger partial charge >= 0.3 is 17.9 Å². The second-order valence-corrected chi connectivity index (χ2v) is 5.38. The summed E-state index contributed by atoms with van der Waals surface area (Å²) in [6, 6.07) is 0. The average molecular weight is 284 g/mol. The molecule has 6 nitrogen and oxygen atoms in total. The van der Waals surface area contributed by atoms with Crippen molar-refractivity contribution < 1.29 is 29.0 Å². The summed E-state index contributed by atoms with van der Waals surface area (Å²) in [7, 11) is 0. The number of hydrogen-bond acceptors (Lipinski definition) is 5. The largest absolute Gasteiger partial charge is 0.481 e. The molecule has 0 aromatic heterocycles. The minimum Gasteiger partial charge on any atom is -0.481 e. The zero-order valence-electron chi connectivity index (χ0n) is 11.8. The fourth-order valence-electron chi connectivity index (χ4n) is 2.11. The predicted molar refractivity (Wildman–Crippen MR) is 69.9 cm³/mol. The molecule has 20 heavy (non-hydrogen) atoms. The highest BCUT2D eigenvalue weighted by Gasteiger charge is 2.36. The molecule has 1 rings (SSSR count). The van der Waals surface area contributed by atoms with E-state index in [-0.39, 0.29) is 6.10 Å². The molecule has 0 aliphatic heterocycles. The molecule has 1 N–H and O–H groups in total. The lowest BCUT2D eigenvalue weighted by Gasteiger charge is -2.36. The fraction of sp³-hybridized carbons (Fsp3) is 0.643. The summed E-state index contributed by atoms with van der Waals surface area (Å²) in [4.78, 5) is 33.2. The minimum absolute atomic E-state index is 0.203. The van der Waals surface area contributed by atoms with Crippen molar-refractivity contribution in [3.8, 4) is 0 Å². The van der Waals surface area contributed by atoms with Crippen molar-refractivity contribution in [2.75, 3.05) is 0 Å². The van der Waals surface area contributed by atoms with E-state index in [1.165, 1.54) is 0 Å². The van der Waals surface area contributed by atoms with Gasteiger partial charge in [0.1, 0.15) is 18.1 Å². The van der Waals surface area contributed by atoms with Crippen LogP contribution in [0.1, 0.15) is 46.0 Å². The monoisotopic (exact) mass is 284 g/mol. The van der Waals surface area contributed by atoms with E-state index in [9.17, 15) is 14.4 Å². The first-order valence-corrected chi connectivity index (χ1v) is 6.52. The van der Waals surface area contributed by atoms with Crippen molar-refractivity contribution in [3.05, 3.63) is 12.2 Å². The van der Waals surface area contributed by atoms with Crippen LogP contribution < -0.4 is 0 Å². The Kier molecular flexibility index (Phi) is 5.30. The van der Waals surface area contributed by atoms with Gasteiger partial charge in [-0.25, -0.2) is 4.79 Å². The van der Waals surface area contributed by atoms with Crippen molar-refractivity contribution in [2.45, 2.75) is 57.7 Å². The maximum absolute atomic E-state index is 11.4. The van der Waals surface area contributed by atoms with Gasteiger partial charge in [-0.05, 0) is 39.5 Å². The summed E-state index contributed by atoms with van der Waals surface area (Å²) < 4.78 is 10.5. The van der Waals surface area contributed by atoms with Gasteiger partial charge < -0.3 is 14.6 Å². The molecule has 0 aromatic carbocycles. The molecule has 0 amide bonds. The van der Waals surface area contributed by atoms with E-state index < -0.39 is 29.9 Å². The highest BCUT2D eigenvalue weighted by molar-refractivity contribution is 5.90. The summed E-state index contributed by atoms with van der Waals surface area (Å²) in [6.07, 6.45) is 1.39. The number of carbonyl (C=O) groups excluding carboxylic acids is 2. The Hall–Kier alpha value is -1.85. The van der Waals surface area contributed by atoms with Crippen LogP contribution in [0.15, 0.2) is 12.2 Å². The summed E-state index contributed by atoms with van der Waals surface area (Å²) in [5.74, 6) is -2.36. The third-order valence-corrected chi connectivity index (χ3v) is 3.27. The minimum atomic E-state index is -1.21. The number of carbonyl (C=O) groups is 3. The molecule has 1 saturated carbocycles. The Balaban J connectivity index is 2.44. The molecule has 1 fully saturated rings. The molecule has 0 unspecified atom stereocenters. The van der Waals surface area contributed by atoms with Crippen LogP contribution in [-0.2, 0) is 23.9 Å². The molecule has 112 valence electrons. The molecular weight excluding hydrogens is 264 g/mol. The zero-order valence-corrected chi connectivity index (χ0v) is 11.8. The highest BCUT2D eigenvalue weighted by atomic mass is 16.6. The van der Waals surface area contributed by atoms with Crippen LogP contribution in [0.4, 0.5) is 0 Å². The van der Waals surface area contributed by atoms with Crippen LogP contribution in [0, 0.1) is 0 Å². The second kappa shape index (κ2) is 6.54. The molecule has 1 aliphatic carbocycles. The molecule has 0 saturated heterocycles. The van der Waals surface area contributed by atoms with Crippen molar-refractivity contribution in [2.24, 2.45) is 0 Å². The number of rotatable bonds is 5. The molecule has 0 aromatic rings. The molecular formula is C14H20O6. The fourth-order valence-corrected chi connectivity index (χ4v) is 2.11. The lowest BCUT2D eigenvalue weighted by atomic mass is 9.84. The van der Waals surface area contributed by atoms with E-state index in [1.54, 1.807) is 13.8 Å². The van der Waals surface area contributed by atoms with Crippen LogP contribution in [0.2, 0.25) is 0 Å². The van der Waals surface area contributed by atoms with Crippen molar-refractivity contribution >= 4 is 17.9 Å². The maximum Gasteiger partial charge on any atom is 0.333 e. The van der Waals surface area contributed by atoms with Crippen LogP contribution >= 0.6 is 0 Å². The second-order valence-electron chi connectivity index (χ2n) is 5.38. The van der Waals surface area contributed by atoms with Crippen LogP contribution in [0.25, 0.3) is 0 Å². The van der Waals surface area contributed by atoms with Gasteiger partial charge in [-0.1, -0.05) is 6.58 Å². The Labute approximate surface area is 117 Å². The molecule has 0 atom stereocenters. The van der Waals surface area contributed by atoms with Gasteiger partial charge in [0.05, 0.1) is 0 Å². The molecule has 0 bridgehead atoms. The molecule has 0 spiro atoms. The van der Waals surface area contributed by atoms with Gasteiger partial charge in [0, 0.05) is 5.57 Å². The van der Waals surface area contributed by atoms with Gasteiger partial charge in [-0.2, -0.15) is 0 Å². The number of hydrogen-bond donors (Lipinski definition) is 1. The summed E-state index contributed by atoms with van der Waals surface area (Å²) in [5.41, 5.74) is -0.329. The number of carboxylic acids is 1. The number of aliphatic carboxylic acids is 1. The third kappa shape index (κ3) is 5.03. The van der Waals surface area contributed by atoms with E-state index in [0.717, 1.165) is 0 Å². The summed E-state index contributed by atoms with van der Waals surface area (Å²) in [6.45, 7) is 6.87. The predicted octanol–water partition coefficient (Wildman–Crippen LogP) is 1.82. The number of ether oxygens (including phenoxy) is 2. The standard InChI is InChI=1S/C14H20O6/c1-9(2)13(18)19-10-4-6-14(3,7-5-10)20-12(17)8-11(15)16/h10H,1,4-8H2,2-3H3,(H,15,16). The van der Waals surface area contributed by atoms with E-state index in [4.69, 9.17) is 14.6 Å². The highest BCUT2D eigenvalue weighted by Crippen LogP contribution is 2.33. The topological polar surface area (TPSA) is 89.9 Å². The third-order valence-electron chi connectivity index (χ3n) is 3.27. The lowest BCUT2D eigenvalue weighted by molar-refractivity contribution is -0.169. The smallest absolute Gasteiger partial charge is 0.333 e. The van der Waals surface area contributed by atoms with E-state index in [1.807, 2.05) is 0 Å². The average Bonchev–Trinajstić information content (AvgIpc) is 2.30. The Morgan fingerprint density at radius 1 is 1.30 bits per heavy atom. The Morgan fingerprint density at radius 2 is 1.85 bits per heavy atom. The Bertz CT molecular complexity index is 417. The van der Waals surface area contributed by atoms with Gasteiger partial charge in [-0.15, -0.1) is 0 Å². The van der Waals surface area contributed by atoms with E-state index >= 15 is 0 Å². The quantitative estimate of drug-likeness (QED) is 0.470. The van der Waals surface area contributed by atoms with Gasteiger partial charge in [0.25, 0.3) is 0 Å². The van der Waals surface area contributed by atoms with Crippen LogP contribution in [0.3, 0.4) is 0 Å². The SMILES string of the molecule is C=C(C)C(=O)OC1CCC(C)(OC(=O)CC(=O)O)CC1. The van der Waals surface area contributed by atoms with Gasteiger partial charge in [0.2, 0.25) is 0 Å². The van der Waals surface area contributed by atoms with Crippen molar-refractivity contribution in [3.63, 3.8) is 0 Å².